The summed E-state index contributed by atoms with van der Waals surface area (Å²) in [5.41, 5.74) is 6.37. The van der Waals surface area contributed by atoms with Crippen molar-refractivity contribution >= 4 is 33.4 Å². The molecule has 0 bridgehead atoms. The van der Waals surface area contributed by atoms with Crippen LogP contribution in [0.4, 0.5) is 11.4 Å². The minimum Gasteiger partial charge on any atom is -0.497 e. The second-order valence-electron chi connectivity index (χ2n) is 8.33. The van der Waals surface area contributed by atoms with Gasteiger partial charge in [0.1, 0.15) is 16.8 Å². The Balaban J connectivity index is 1.92. The number of nitriles is 2. The van der Waals surface area contributed by atoms with E-state index in [1.807, 2.05) is 48.5 Å². The van der Waals surface area contributed by atoms with Crippen LogP contribution in [0, 0.1) is 22.7 Å². The van der Waals surface area contributed by atoms with E-state index in [2.05, 4.69) is 39.1 Å². The van der Waals surface area contributed by atoms with Crippen LogP contribution in [0.3, 0.4) is 0 Å². The van der Waals surface area contributed by atoms with Gasteiger partial charge in [-0.05, 0) is 42.8 Å². The number of ether oxygens (including phenoxy) is 1. The van der Waals surface area contributed by atoms with Crippen LogP contribution in [0.15, 0.2) is 60.7 Å². The summed E-state index contributed by atoms with van der Waals surface area (Å²) in [7, 11) is 1.65. The SMILES string of the molecule is COc1ccc(-[n+]2c3cc(NCCCO)ccc3nc3ccc(N(CCC#N)CCC#N)cc32)cc1. The highest BCUT2D eigenvalue weighted by Gasteiger charge is 2.22. The third-order valence-corrected chi connectivity index (χ3v) is 6.00. The van der Waals surface area contributed by atoms with E-state index in [-0.39, 0.29) is 6.61 Å². The van der Waals surface area contributed by atoms with E-state index >= 15 is 0 Å². The predicted octanol–water partition coefficient (Wildman–Crippen LogP) is 4.10. The second-order valence-corrected chi connectivity index (χ2v) is 8.33. The Labute approximate surface area is 210 Å². The van der Waals surface area contributed by atoms with E-state index < -0.39 is 0 Å². The average molecular weight is 482 g/mol. The standard InChI is InChI=1S/C28H28N6O2/c1-36-24-9-6-22(7-10-24)34-27-19-21(31-15-4-18-35)5-11-25(27)32-26-12-8-23(20-28(26)34)33(16-2-13-29)17-3-14-30/h5-12,19-20,35H,2-4,15-18H2,1H3/p+1. The molecule has 0 aliphatic rings. The summed E-state index contributed by atoms with van der Waals surface area (Å²) < 4.78 is 7.54. The van der Waals surface area contributed by atoms with Crippen molar-refractivity contribution in [1.82, 2.24) is 4.98 Å². The Morgan fingerprint density at radius 3 is 2.25 bits per heavy atom. The number of hydrogen-bond acceptors (Lipinski definition) is 7. The largest absolute Gasteiger partial charge is 0.497 e. The molecule has 8 heteroatoms. The predicted molar refractivity (Wildman–Crippen MR) is 140 cm³/mol. The number of benzene rings is 3. The van der Waals surface area contributed by atoms with Crippen LogP contribution < -0.4 is 19.5 Å². The molecule has 3 aromatic carbocycles. The molecule has 36 heavy (non-hydrogen) atoms. The summed E-state index contributed by atoms with van der Waals surface area (Å²) in [4.78, 5) is 6.99. The highest BCUT2D eigenvalue weighted by atomic mass is 16.5. The highest BCUT2D eigenvalue weighted by molar-refractivity contribution is 5.86. The first-order valence-corrected chi connectivity index (χ1v) is 12.0. The van der Waals surface area contributed by atoms with E-state index in [0.717, 1.165) is 44.9 Å². The zero-order chi connectivity index (χ0) is 25.3. The molecule has 0 atom stereocenters. The first kappa shape index (κ1) is 24.7. The summed E-state index contributed by atoms with van der Waals surface area (Å²) in [6, 6.07) is 24.4. The lowest BCUT2D eigenvalue weighted by molar-refractivity contribution is -0.538. The number of nitrogens with zero attached hydrogens (tertiary/aromatic N) is 5. The van der Waals surface area contributed by atoms with Crippen LogP contribution in [-0.4, -0.2) is 43.4 Å². The van der Waals surface area contributed by atoms with Gasteiger partial charge < -0.3 is 20.1 Å². The molecule has 0 amide bonds. The lowest BCUT2D eigenvalue weighted by Crippen LogP contribution is -2.34. The number of nitrogens with one attached hydrogen (secondary N) is 1. The number of aliphatic hydroxyl groups is 1. The molecule has 4 rings (SSSR count). The van der Waals surface area contributed by atoms with Gasteiger partial charge in [0, 0.05) is 61.9 Å². The number of methoxy groups -OCH3 is 1. The first-order chi connectivity index (χ1) is 17.7. The monoisotopic (exact) mass is 481 g/mol. The summed E-state index contributed by atoms with van der Waals surface area (Å²) in [6.45, 7) is 1.90. The maximum atomic E-state index is 9.14. The van der Waals surface area contributed by atoms with E-state index in [4.69, 9.17) is 25.4 Å². The van der Waals surface area contributed by atoms with Crippen LogP contribution in [0.1, 0.15) is 19.3 Å². The molecule has 2 N–H and O–H groups in total. The van der Waals surface area contributed by atoms with Gasteiger partial charge in [0.2, 0.25) is 16.7 Å². The van der Waals surface area contributed by atoms with Crippen LogP contribution >= 0.6 is 0 Å². The molecule has 1 aromatic heterocycles. The van der Waals surface area contributed by atoms with Crippen molar-refractivity contribution in [3.05, 3.63) is 60.7 Å². The number of rotatable bonds is 11. The van der Waals surface area contributed by atoms with Gasteiger partial charge in [0.25, 0.3) is 0 Å². The lowest BCUT2D eigenvalue weighted by atomic mass is 10.1. The van der Waals surface area contributed by atoms with Gasteiger partial charge in [-0.15, -0.1) is 4.57 Å². The summed E-state index contributed by atoms with van der Waals surface area (Å²) in [5.74, 6) is 0.772. The fraction of sp³-hybridized carbons (Fsp3) is 0.286. The van der Waals surface area contributed by atoms with Crippen molar-refractivity contribution in [2.75, 3.05) is 43.6 Å². The minimum absolute atomic E-state index is 0.134. The molecule has 0 aliphatic heterocycles. The molecular formula is C28H29N6O2+. The average Bonchev–Trinajstić information content (AvgIpc) is 2.92. The zero-order valence-corrected chi connectivity index (χ0v) is 20.3. The Kier molecular flexibility index (Phi) is 8.12. The topological polar surface area (TPSA) is 109 Å². The van der Waals surface area contributed by atoms with Crippen molar-refractivity contribution in [3.63, 3.8) is 0 Å². The van der Waals surface area contributed by atoms with Gasteiger partial charge in [-0.2, -0.15) is 10.5 Å². The molecule has 182 valence electrons. The molecule has 4 aromatic rings. The molecule has 0 aliphatic carbocycles. The van der Waals surface area contributed by atoms with Gasteiger partial charge in [-0.3, -0.25) is 0 Å². The fourth-order valence-electron chi connectivity index (χ4n) is 4.21. The zero-order valence-electron chi connectivity index (χ0n) is 20.3. The molecule has 0 saturated heterocycles. The maximum absolute atomic E-state index is 9.14. The number of hydrogen-bond donors (Lipinski definition) is 2. The molecular weight excluding hydrogens is 452 g/mol. The Morgan fingerprint density at radius 1 is 0.944 bits per heavy atom. The highest BCUT2D eigenvalue weighted by Crippen LogP contribution is 2.25. The van der Waals surface area contributed by atoms with Gasteiger partial charge >= 0.3 is 0 Å². The quantitative estimate of drug-likeness (QED) is 0.189. The van der Waals surface area contributed by atoms with Crippen LogP contribution in [0.25, 0.3) is 27.8 Å². The van der Waals surface area contributed by atoms with Crippen LogP contribution in [0.2, 0.25) is 0 Å². The summed E-state index contributed by atoms with van der Waals surface area (Å²) in [5, 5.41) is 30.8. The number of fused-ring (bicyclic) bond motifs is 2. The van der Waals surface area contributed by atoms with Crippen molar-refractivity contribution in [1.29, 1.82) is 10.5 Å². The van der Waals surface area contributed by atoms with E-state index in [9.17, 15) is 0 Å². The molecule has 0 radical (unpaired) electrons. The van der Waals surface area contributed by atoms with Crippen molar-refractivity contribution < 1.29 is 14.4 Å². The number of anilines is 2. The Hall–Kier alpha value is -4.40. The lowest BCUT2D eigenvalue weighted by Gasteiger charge is -2.22. The molecule has 1 heterocycles. The Morgan fingerprint density at radius 2 is 1.61 bits per heavy atom. The van der Waals surface area contributed by atoms with Gasteiger partial charge in [-0.25, -0.2) is 4.98 Å². The third-order valence-electron chi connectivity index (χ3n) is 6.00. The molecule has 0 spiro atoms. The van der Waals surface area contributed by atoms with E-state index in [1.165, 1.54) is 0 Å². The maximum Gasteiger partial charge on any atom is 0.239 e. The fourth-order valence-corrected chi connectivity index (χ4v) is 4.21. The van der Waals surface area contributed by atoms with Crippen LogP contribution in [-0.2, 0) is 0 Å². The van der Waals surface area contributed by atoms with Crippen molar-refractivity contribution in [2.24, 2.45) is 0 Å². The van der Waals surface area contributed by atoms with E-state index in [0.29, 0.717) is 38.9 Å². The summed E-state index contributed by atoms with van der Waals surface area (Å²) in [6.07, 6.45) is 1.42. The smallest absolute Gasteiger partial charge is 0.239 e. The van der Waals surface area contributed by atoms with Crippen molar-refractivity contribution in [2.45, 2.75) is 19.3 Å². The number of aliphatic hydroxyl groups excluding tert-OH is 1. The molecule has 8 nitrogen and oxygen atoms in total. The Bertz CT molecular complexity index is 1400. The normalized spacial score (nSPS) is 10.7. The van der Waals surface area contributed by atoms with Gasteiger partial charge in [0.05, 0.1) is 32.1 Å². The van der Waals surface area contributed by atoms with E-state index in [1.54, 1.807) is 7.11 Å². The molecule has 0 fully saturated rings. The van der Waals surface area contributed by atoms with Gasteiger partial charge in [-0.1, -0.05) is 0 Å². The van der Waals surface area contributed by atoms with Crippen molar-refractivity contribution in [3.8, 4) is 23.6 Å². The third kappa shape index (κ3) is 5.46. The van der Waals surface area contributed by atoms with Gasteiger partial charge in [0.15, 0.2) is 0 Å². The minimum atomic E-state index is 0.134. The second kappa shape index (κ2) is 11.8. The summed E-state index contributed by atoms with van der Waals surface area (Å²) >= 11 is 0. The molecule has 0 unspecified atom stereocenters. The molecule has 0 saturated carbocycles. The number of aromatic nitrogens is 2. The van der Waals surface area contributed by atoms with Crippen LogP contribution in [0.5, 0.6) is 5.75 Å². The first-order valence-electron chi connectivity index (χ1n) is 12.0.